The summed E-state index contributed by atoms with van der Waals surface area (Å²) in [6.07, 6.45) is 3.53. The molecule has 2 aromatic carbocycles. The molecule has 0 aliphatic carbocycles. The molecule has 2 amide bonds. The zero-order chi connectivity index (χ0) is 23.4. The molecule has 1 aliphatic heterocycles. The highest BCUT2D eigenvalue weighted by Crippen LogP contribution is 2.21. The summed E-state index contributed by atoms with van der Waals surface area (Å²) in [7, 11) is 0. The highest BCUT2D eigenvalue weighted by atomic mass is 32.2. The van der Waals surface area contributed by atoms with Crippen molar-refractivity contribution < 1.29 is 4.79 Å². The summed E-state index contributed by atoms with van der Waals surface area (Å²) >= 11 is 1.64. The normalized spacial score (nSPS) is 14.6. The molecule has 3 aromatic rings. The number of urea groups is 1. The maximum Gasteiger partial charge on any atom is 0.319 e. The molecule has 0 radical (unpaired) electrons. The standard InChI is InChI=1S/C25H31N5O2S/c1-17(2)16-30-22-10-5-4-9-21(22)28-23(24(30)31)29-13-11-18(12-14-29)26-25(32)27-19-7-6-8-20(15-19)33-3/h4-10,15,17-18H,11-14,16H2,1-3H3,(H2,26,27,32). The number of rotatable bonds is 6. The van der Waals surface area contributed by atoms with Gasteiger partial charge in [0.25, 0.3) is 5.56 Å². The summed E-state index contributed by atoms with van der Waals surface area (Å²) in [5, 5.41) is 5.99. The second-order valence-corrected chi connectivity index (χ2v) is 9.71. The molecule has 1 aliphatic rings. The van der Waals surface area contributed by atoms with Crippen molar-refractivity contribution in [1.29, 1.82) is 0 Å². The number of fused-ring (bicyclic) bond motifs is 1. The second kappa shape index (κ2) is 10.3. The van der Waals surface area contributed by atoms with Gasteiger partial charge in [0.05, 0.1) is 11.0 Å². The first-order valence-electron chi connectivity index (χ1n) is 11.4. The minimum atomic E-state index is -0.199. The van der Waals surface area contributed by atoms with Gasteiger partial charge < -0.3 is 20.1 Å². The lowest BCUT2D eigenvalue weighted by molar-refractivity contribution is 0.246. The predicted octanol–water partition coefficient (Wildman–Crippen LogP) is 4.56. The van der Waals surface area contributed by atoms with Crippen molar-refractivity contribution in [1.82, 2.24) is 14.9 Å². The van der Waals surface area contributed by atoms with Crippen molar-refractivity contribution in [3.8, 4) is 0 Å². The van der Waals surface area contributed by atoms with Gasteiger partial charge >= 0.3 is 6.03 Å². The van der Waals surface area contributed by atoms with Crippen LogP contribution in [0.3, 0.4) is 0 Å². The third-order valence-corrected chi connectivity index (χ3v) is 6.57. The average molecular weight is 466 g/mol. The predicted molar refractivity (Wildman–Crippen MR) is 136 cm³/mol. The van der Waals surface area contributed by atoms with E-state index in [0.29, 0.717) is 31.4 Å². The average Bonchev–Trinajstić information content (AvgIpc) is 2.81. The van der Waals surface area contributed by atoms with Gasteiger partial charge in [-0.25, -0.2) is 9.78 Å². The number of thioether (sulfide) groups is 1. The molecule has 1 saturated heterocycles. The number of piperidine rings is 1. The smallest absolute Gasteiger partial charge is 0.319 e. The first-order valence-corrected chi connectivity index (χ1v) is 12.6. The van der Waals surface area contributed by atoms with Gasteiger partial charge in [0, 0.05) is 36.3 Å². The Morgan fingerprint density at radius 3 is 2.64 bits per heavy atom. The maximum atomic E-state index is 13.3. The number of carbonyl (C=O) groups excluding carboxylic acids is 1. The molecule has 33 heavy (non-hydrogen) atoms. The van der Waals surface area contributed by atoms with Crippen LogP contribution >= 0.6 is 11.8 Å². The molecule has 0 unspecified atom stereocenters. The van der Waals surface area contributed by atoms with E-state index in [1.165, 1.54) is 0 Å². The molecule has 0 bridgehead atoms. The summed E-state index contributed by atoms with van der Waals surface area (Å²) in [6.45, 7) is 6.23. The van der Waals surface area contributed by atoms with Gasteiger partial charge in [0.15, 0.2) is 5.82 Å². The number of benzene rings is 2. The van der Waals surface area contributed by atoms with Crippen LogP contribution in [0.25, 0.3) is 11.0 Å². The zero-order valence-corrected chi connectivity index (χ0v) is 20.2. The fourth-order valence-electron chi connectivity index (χ4n) is 4.22. The summed E-state index contributed by atoms with van der Waals surface area (Å²) in [6, 6.07) is 15.5. The van der Waals surface area contributed by atoms with E-state index in [1.54, 1.807) is 11.8 Å². The molecule has 4 rings (SSSR count). The Morgan fingerprint density at radius 1 is 1.15 bits per heavy atom. The van der Waals surface area contributed by atoms with E-state index in [2.05, 4.69) is 29.4 Å². The van der Waals surface area contributed by atoms with E-state index in [1.807, 2.05) is 59.4 Å². The van der Waals surface area contributed by atoms with Crippen LogP contribution in [-0.2, 0) is 6.54 Å². The number of nitrogens with one attached hydrogen (secondary N) is 2. The number of anilines is 2. The van der Waals surface area contributed by atoms with E-state index in [0.717, 1.165) is 34.5 Å². The molecule has 0 saturated carbocycles. The van der Waals surface area contributed by atoms with E-state index in [9.17, 15) is 9.59 Å². The molecule has 8 heteroatoms. The molecule has 0 spiro atoms. The minimum absolute atomic E-state index is 0.0415. The van der Waals surface area contributed by atoms with Crippen molar-refractivity contribution in [2.75, 3.05) is 29.6 Å². The van der Waals surface area contributed by atoms with Gasteiger partial charge in [-0.15, -0.1) is 11.8 Å². The number of hydrogen-bond donors (Lipinski definition) is 2. The van der Waals surface area contributed by atoms with Gasteiger partial charge in [-0.1, -0.05) is 32.0 Å². The first-order chi connectivity index (χ1) is 15.9. The van der Waals surface area contributed by atoms with Gasteiger partial charge in [-0.3, -0.25) is 4.79 Å². The maximum absolute atomic E-state index is 13.3. The molecule has 0 atom stereocenters. The highest BCUT2D eigenvalue weighted by molar-refractivity contribution is 7.98. The summed E-state index contributed by atoms with van der Waals surface area (Å²) in [5.74, 6) is 0.859. The number of aromatic nitrogens is 2. The quantitative estimate of drug-likeness (QED) is 0.522. The summed E-state index contributed by atoms with van der Waals surface area (Å²) in [4.78, 5) is 33.7. The van der Waals surface area contributed by atoms with E-state index in [-0.39, 0.29) is 17.6 Å². The number of para-hydroxylation sites is 2. The number of amides is 2. The Bertz CT molecular complexity index is 1180. The fraction of sp³-hybridized carbons (Fsp3) is 0.400. The molecular weight excluding hydrogens is 434 g/mol. The van der Waals surface area contributed by atoms with Crippen molar-refractivity contribution in [3.05, 3.63) is 58.9 Å². The molecular formula is C25H31N5O2S. The lowest BCUT2D eigenvalue weighted by Gasteiger charge is -2.33. The van der Waals surface area contributed by atoms with Crippen LogP contribution in [0.1, 0.15) is 26.7 Å². The van der Waals surface area contributed by atoms with Crippen LogP contribution < -0.4 is 21.1 Å². The van der Waals surface area contributed by atoms with Crippen LogP contribution in [0.5, 0.6) is 0 Å². The van der Waals surface area contributed by atoms with Crippen LogP contribution in [0.4, 0.5) is 16.3 Å². The topological polar surface area (TPSA) is 79.3 Å². The van der Waals surface area contributed by atoms with E-state index < -0.39 is 0 Å². The van der Waals surface area contributed by atoms with Crippen LogP contribution in [-0.4, -0.2) is 41.0 Å². The Labute approximate surface area is 198 Å². The number of carbonyl (C=O) groups is 1. The fourth-order valence-corrected chi connectivity index (χ4v) is 4.68. The summed E-state index contributed by atoms with van der Waals surface area (Å²) in [5.41, 5.74) is 2.45. The van der Waals surface area contributed by atoms with Gasteiger partial charge in [-0.2, -0.15) is 0 Å². The number of nitrogens with zero attached hydrogens (tertiary/aromatic N) is 3. The summed E-state index contributed by atoms with van der Waals surface area (Å²) < 4.78 is 1.85. The van der Waals surface area contributed by atoms with Crippen LogP contribution in [0.2, 0.25) is 0 Å². The van der Waals surface area contributed by atoms with Crippen LogP contribution in [0, 0.1) is 5.92 Å². The molecule has 1 fully saturated rings. The SMILES string of the molecule is CSc1cccc(NC(=O)NC2CCN(c3nc4ccccc4n(CC(C)C)c3=O)CC2)c1. The molecule has 1 aromatic heterocycles. The van der Waals surface area contributed by atoms with Crippen molar-refractivity contribution >= 4 is 40.3 Å². The van der Waals surface area contributed by atoms with Crippen molar-refractivity contribution in [2.24, 2.45) is 5.92 Å². The Kier molecular flexibility index (Phi) is 7.23. The Hall–Kier alpha value is -3.00. The molecule has 2 N–H and O–H groups in total. The van der Waals surface area contributed by atoms with Crippen molar-refractivity contribution in [3.63, 3.8) is 0 Å². The first kappa shape index (κ1) is 23.2. The van der Waals surface area contributed by atoms with Crippen molar-refractivity contribution in [2.45, 2.75) is 44.2 Å². The molecule has 2 heterocycles. The minimum Gasteiger partial charge on any atom is -0.352 e. The Morgan fingerprint density at radius 2 is 1.91 bits per heavy atom. The van der Waals surface area contributed by atoms with E-state index in [4.69, 9.17) is 4.98 Å². The van der Waals surface area contributed by atoms with Gasteiger partial charge in [-0.05, 0) is 55.3 Å². The van der Waals surface area contributed by atoms with Gasteiger partial charge in [0.2, 0.25) is 0 Å². The third kappa shape index (κ3) is 5.50. The Balaban J connectivity index is 1.43. The second-order valence-electron chi connectivity index (χ2n) is 8.83. The lowest BCUT2D eigenvalue weighted by atomic mass is 10.1. The lowest BCUT2D eigenvalue weighted by Crippen LogP contribution is -2.47. The monoisotopic (exact) mass is 465 g/mol. The van der Waals surface area contributed by atoms with E-state index >= 15 is 0 Å². The highest BCUT2D eigenvalue weighted by Gasteiger charge is 2.24. The third-order valence-electron chi connectivity index (χ3n) is 5.84. The van der Waals surface area contributed by atoms with Crippen LogP contribution in [0.15, 0.2) is 58.2 Å². The van der Waals surface area contributed by atoms with Gasteiger partial charge in [0.1, 0.15) is 0 Å². The number of hydrogen-bond acceptors (Lipinski definition) is 5. The zero-order valence-electron chi connectivity index (χ0n) is 19.4. The largest absolute Gasteiger partial charge is 0.352 e. The molecule has 7 nitrogen and oxygen atoms in total. The molecule has 174 valence electrons.